The zero-order valence-corrected chi connectivity index (χ0v) is 16.7. The predicted octanol–water partition coefficient (Wildman–Crippen LogP) is 4.23. The first-order valence-electron chi connectivity index (χ1n) is 8.55. The Morgan fingerprint density at radius 2 is 1.78 bits per heavy atom. The lowest BCUT2D eigenvalue weighted by molar-refractivity contribution is 0.0998. The van der Waals surface area contributed by atoms with Crippen molar-refractivity contribution in [2.75, 3.05) is 18.4 Å². The molecule has 0 saturated carbocycles. The molecule has 8 heteroatoms. The van der Waals surface area contributed by atoms with E-state index in [1.165, 1.54) is 16.4 Å². The van der Waals surface area contributed by atoms with Crippen LogP contribution in [0.15, 0.2) is 62.3 Å². The number of hydrogen-bond donors (Lipinski definition) is 1. The van der Waals surface area contributed by atoms with E-state index >= 15 is 0 Å². The number of rotatable bonds is 4. The minimum Gasteiger partial charge on any atom is -0.450 e. The van der Waals surface area contributed by atoms with Crippen molar-refractivity contribution in [1.82, 2.24) is 4.31 Å². The minimum atomic E-state index is -3.46. The number of hydrogen-bond acceptors (Lipinski definition) is 4. The van der Waals surface area contributed by atoms with Gasteiger partial charge >= 0.3 is 0 Å². The molecule has 2 aromatic carbocycles. The van der Waals surface area contributed by atoms with E-state index in [9.17, 15) is 13.2 Å². The third-order valence-electron chi connectivity index (χ3n) is 4.53. The number of carbonyl (C=O) groups is 1. The molecule has 1 aliphatic heterocycles. The summed E-state index contributed by atoms with van der Waals surface area (Å²) in [6.07, 6.45) is 1.78. The molecule has 1 saturated heterocycles. The SMILES string of the molecule is O=C(Nc1ccc(S(=O)(=O)N2CCCC2)cc1)c1cc2cccc(Br)c2o1. The first kappa shape index (κ1) is 18.2. The van der Waals surface area contributed by atoms with Crippen LogP contribution in [0.3, 0.4) is 0 Å². The van der Waals surface area contributed by atoms with Gasteiger partial charge in [-0.05, 0) is 65.2 Å². The lowest BCUT2D eigenvalue weighted by Gasteiger charge is -2.15. The zero-order chi connectivity index (χ0) is 19.0. The van der Waals surface area contributed by atoms with E-state index in [0.717, 1.165) is 22.7 Å². The van der Waals surface area contributed by atoms with Gasteiger partial charge in [0.15, 0.2) is 5.76 Å². The van der Waals surface area contributed by atoms with Crippen molar-refractivity contribution in [3.05, 3.63) is 58.8 Å². The van der Waals surface area contributed by atoms with Crippen LogP contribution < -0.4 is 5.32 Å². The lowest BCUT2D eigenvalue weighted by atomic mass is 10.2. The quantitative estimate of drug-likeness (QED) is 0.647. The van der Waals surface area contributed by atoms with Crippen LogP contribution in [0.4, 0.5) is 5.69 Å². The molecular formula is C19H17BrN2O4S. The van der Waals surface area contributed by atoms with Gasteiger partial charge in [-0.25, -0.2) is 8.42 Å². The zero-order valence-electron chi connectivity index (χ0n) is 14.3. The molecule has 2 heterocycles. The highest BCUT2D eigenvalue weighted by atomic mass is 79.9. The summed E-state index contributed by atoms with van der Waals surface area (Å²) in [7, 11) is -3.46. The molecule has 0 radical (unpaired) electrons. The Balaban J connectivity index is 1.52. The number of carbonyl (C=O) groups excluding carboxylic acids is 1. The Morgan fingerprint density at radius 3 is 2.44 bits per heavy atom. The molecule has 1 fully saturated rings. The van der Waals surface area contributed by atoms with Gasteiger partial charge in [0.1, 0.15) is 5.58 Å². The fourth-order valence-corrected chi connectivity index (χ4v) is 5.10. The Morgan fingerprint density at radius 1 is 1.07 bits per heavy atom. The van der Waals surface area contributed by atoms with Gasteiger partial charge in [0.25, 0.3) is 5.91 Å². The van der Waals surface area contributed by atoms with E-state index in [1.807, 2.05) is 18.2 Å². The number of para-hydroxylation sites is 1. The summed E-state index contributed by atoms with van der Waals surface area (Å²) in [5.74, 6) is -0.209. The average Bonchev–Trinajstić information content (AvgIpc) is 3.33. The third-order valence-corrected chi connectivity index (χ3v) is 7.07. The van der Waals surface area contributed by atoms with Crippen molar-refractivity contribution >= 4 is 48.5 Å². The van der Waals surface area contributed by atoms with Gasteiger partial charge in [-0.3, -0.25) is 4.79 Å². The van der Waals surface area contributed by atoms with Gasteiger partial charge in [0, 0.05) is 24.2 Å². The van der Waals surface area contributed by atoms with Crippen LogP contribution in [-0.4, -0.2) is 31.7 Å². The first-order valence-corrected chi connectivity index (χ1v) is 10.8. The maximum absolute atomic E-state index is 12.5. The van der Waals surface area contributed by atoms with E-state index in [-0.39, 0.29) is 10.7 Å². The maximum atomic E-state index is 12.5. The van der Waals surface area contributed by atoms with Crippen molar-refractivity contribution in [3.8, 4) is 0 Å². The van der Waals surface area contributed by atoms with Crippen molar-refractivity contribution < 1.29 is 17.6 Å². The summed E-state index contributed by atoms with van der Waals surface area (Å²) in [6.45, 7) is 1.12. The minimum absolute atomic E-state index is 0.186. The van der Waals surface area contributed by atoms with Gasteiger partial charge in [-0.1, -0.05) is 12.1 Å². The van der Waals surface area contributed by atoms with Crippen LogP contribution in [0.2, 0.25) is 0 Å². The van der Waals surface area contributed by atoms with Crippen LogP contribution >= 0.6 is 15.9 Å². The number of nitrogens with one attached hydrogen (secondary N) is 1. The number of sulfonamides is 1. The molecule has 0 spiro atoms. The molecule has 4 rings (SSSR count). The number of amides is 1. The number of fused-ring (bicyclic) bond motifs is 1. The van der Waals surface area contributed by atoms with Gasteiger partial charge < -0.3 is 9.73 Å². The van der Waals surface area contributed by atoms with Gasteiger partial charge in [-0.15, -0.1) is 0 Å². The molecule has 0 unspecified atom stereocenters. The Labute approximate surface area is 165 Å². The Bertz CT molecular complexity index is 1100. The number of benzene rings is 2. The highest BCUT2D eigenvalue weighted by Gasteiger charge is 2.27. The standard InChI is InChI=1S/C19H17BrN2O4S/c20-16-5-3-4-13-12-17(26-18(13)16)19(23)21-14-6-8-15(9-7-14)27(24,25)22-10-1-2-11-22/h3-9,12H,1-2,10-11H2,(H,21,23). The fourth-order valence-electron chi connectivity index (χ4n) is 3.12. The first-order chi connectivity index (χ1) is 12.9. The topological polar surface area (TPSA) is 79.6 Å². The third kappa shape index (κ3) is 3.52. The van der Waals surface area contributed by atoms with Gasteiger partial charge in [0.2, 0.25) is 10.0 Å². The van der Waals surface area contributed by atoms with E-state index in [2.05, 4.69) is 21.2 Å². The molecule has 3 aromatic rings. The molecule has 27 heavy (non-hydrogen) atoms. The highest BCUT2D eigenvalue weighted by Crippen LogP contribution is 2.28. The Kier molecular flexibility index (Phi) is 4.79. The van der Waals surface area contributed by atoms with Crippen LogP contribution in [0.5, 0.6) is 0 Å². The molecule has 1 aliphatic rings. The van der Waals surface area contributed by atoms with E-state index in [1.54, 1.807) is 18.2 Å². The summed E-state index contributed by atoms with van der Waals surface area (Å²) in [4.78, 5) is 12.7. The predicted molar refractivity (Wildman–Crippen MR) is 106 cm³/mol. The number of nitrogens with zero attached hydrogens (tertiary/aromatic N) is 1. The summed E-state index contributed by atoms with van der Waals surface area (Å²) in [5, 5.41) is 3.55. The van der Waals surface area contributed by atoms with Crippen LogP contribution in [0.1, 0.15) is 23.4 Å². The van der Waals surface area contributed by atoms with Gasteiger partial charge in [-0.2, -0.15) is 4.31 Å². The van der Waals surface area contributed by atoms with E-state index in [4.69, 9.17) is 4.42 Å². The van der Waals surface area contributed by atoms with Crippen molar-refractivity contribution in [2.24, 2.45) is 0 Å². The van der Waals surface area contributed by atoms with Crippen LogP contribution in [0, 0.1) is 0 Å². The second-order valence-corrected chi connectivity index (χ2v) is 9.15. The number of anilines is 1. The smallest absolute Gasteiger partial charge is 0.291 e. The molecule has 0 bridgehead atoms. The molecule has 0 aliphatic carbocycles. The summed E-state index contributed by atoms with van der Waals surface area (Å²) in [5.41, 5.74) is 1.11. The van der Waals surface area contributed by atoms with Crippen molar-refractivity contribution in [1.29, 1.82) is 0 Å². The highest BCUT2D eigenvalue weighted by molar-refractivity contribution is 9.10. The van der Waals surface area contributed by atoms with E-state index < -0.39 is 15.9 Å². The molecule has 6 nitrogen and oxygen atoms in total. The molecule has 1 amide bonds. The largest absolute Gasteiger partial charge is 0.450 e. The lowest BCUT2D eigenvalue weighted by Crippen LogP contribution is -2.27. The van der Waals surface area contributed by atoms with Gasteiger partial charge in [0.05, 0.1) is 9.37 Å². The maximum Gasteiger partial charge on any atom is 0.291 e. The van der Waals surface area contributed by atoms with Crippen molar-refractivity contribution in [3.63, 3.8) is 0 Å². The van der Waals surface area contributed by atoms with E-state index in [0.29, 0.717) is 24.4 Å². The molecule has 1 aromatic heterocycles. The summed E-state index contributed by atoms with van der Waals surface area (Å²) < 4.78 is 33.0. The molecular weight excluding hydrogens is 432 g/mol. The van der Waals surface area contributed by atoms with Crippen LogP contribution in [0.25, 0.3) is 11.0 Å². The number of furan rings is 1. The van der Waals surface area contributed by atoms with Crippen molar-refractivity contribution in [2.45, 2.75) is 17.7 Å². The molecule has 140 valence electrons. The Hall–Kier alpha value is -2.16. The fraction of sp³-hybridized carbons (Fsp3) is 0.211. The second-order valence-electron chi connectivity index (χ2n) is 6.36. The molecule has 0 atom stereocenters. The number of halogens is 1. The summed E-state index contributed by atoms with van der Waals surface area (Å²) >= 11 is 3.39. The second kappa shape index (κ2) is 7.10. The summed E-state index contributed by atoms with van der Waals surface area (Å²) in [6, 6.07) is 13.4. The molecule has 1 N–H and O–H groups in total. The average molecular weight is 449 g/mol. The monoisotopic (exact) mass is 448 g/mol. The van der Waals surface area contributed by atoms with Crippen LogP contribution in [-0.2, 0) is 10.0 Å². The normalized spacial score (nSPS) is 15.3.